The molecule has 0 saturated carbocycles. The van der Waals surface area contributed by atoms with E-state index in [4.69, 9.17) is 0 Å². The zero-order valence-electron chi connectivity index (χ0n) is 13.2. The van der Waals surface area contributed by atoms with E-state index in [9.17, 15) is 5.11 Å². The van der Waals surface area contributed by atoms with Gasteiger partial charge in [0, 0.05) is 35.4 Å². The molecule has 0 saturated heterocycles. The van der Waals surface area contributed by atoms with Crippen molar-refractivity contribution in [3.63, 3.8) is 0 Å². The van der Waals surface area contributed by atoms with Crippen LogP contribution in [0.1, 0.15) is 32.4 Å². The molecule has 1 aromatic rings. The average molecular weight is 343 g/mol. The van der Waals surface area contributed by atoms with Crippen molar-refractivity contribution in [2.75, 3.05) is 38.6 Å². The van der Waals surface area contributed by atoms with E-state index in [1.807, 2.05) is 19.1 Å². The second-order valence-corrected chi connectivity index (χ2v) is 6.94. The lowest BCUT2D eigenvalue weighted by molar-refractivity contribution is 0.199. The summed E-state index contributed by atoms with van der Waals surface area (Å²) in [6, 6.07) is 6.11. The normalized spacial score (nSPS) is 13.1. The number of aliphatic hydroxyl groups excluding tert-OH is 1. The molecular formula is C16H27BrN2O. The Balaban J connectivity index is 3.07. The topological polar surface area (TPSA) is 26.7 Å². The molecular weight excluding hydrogens is 316 g/mol. The highest BCUT2D eigenvalue weighted by atomic mass is 79.9. The maximum Gasteiger partial charge on any atom is 0.0782 e. The molecule has 1 rings (SSSR count). The highest BCUT2D eigenvalue weighted by molar-refractivity contribution is 9.10. The molecule has 1 unspecified atom stereocenters. The van der Waals surface area contributed by atoms with Crippen LogP contribution in [0.15, 0.2) is 22.7 Å². The SMILES string of the molecule is CC(C)CN(CCN(C)C)c1cc(Br)ccc1C(C)O. The van der Waals surface area contributed by atoms with Crippen molar-refractivity contribution in [3.8, 4) is 0 Å². The first-order chi connectivity index (χ1) is 9.31. The number of aliphatic hydroxyl groups is 1. The Bertz CT molecular complexity index is 419. The van der Waals surface area contributed by atoms with Gasteiger partial charge >= 0.3 is 0 Å². The Hall–Kier alpha value is -0.580. The van der Waals surface area contributed by atoms with Crippen LogP contribution in [0.4, 0.5) is 5.69 Å². The number of hydrogen-bond acceptors (Lipinski definition) is 3. The molecule has 1 aromatic carbocycles. The molecule has 1 N–H and O–H groups in total. The van der Waals surface area contributed by atoms with Gasteiger partial charge in [0.05, 0.1) is 6.10 Å². The van der Waals surface area contributed by atoms with Crippen molar-refractivity contribution in [1.29, 1.82) is 0 Å². The molecule has 0 aliphatic carbocycles. The van der Waals surface area contributed by atoms with Crippen LogP contribution in [-0.2, 0) is 0 Å². The van der Waals surface area contributed by atoms with Crippen LogP contribution in [0.5, 0.6) is 0 Å². The van der Waals surface area contributed by atoms with Crippen molar-refractivity contribution >= 4 is 21.6 Å². The Morgan fingerprint density at radius 2 is 1.80 bits per heavy atom. The van der Waals surface area contributed by atoms with E-state index in [2.05, 4.69) is 59.7 Å². The number of hydrogen-bond donors (Lipinski definition) is 1. The molecule has 20 heavy (non-hydrogen) atoms. The standard InChI is InChI=1S/C16H27BrN2O/c1-12(2)11-19(9-8-18(4)5)16-10-14(17)6-7-15(16)13(3)20/h6-7,10,12-13,20H,8-9,11H2,1-5H3. The van der Waals surface area contributed by atoms with Gasteiger partial charge in [-0.2, -0.15) is 0 Å². The zero-order chi connectivity index (χ0) is 15.3. The van der Waals surface area contributed by atoms with Gasteiger partial charge in [-0.3, -0.25) is 0 Å². The first kappa shape index (κ1) is 17.5. The molecule has 0 spiro atoms. The van der Waals surface area contributed by atoms with Crippen LogP contribution in [0.3, 0.4) is 0 Å². The summed E-state index contributed by atoms with van der Waals surface area (Å²) in [6.45, 7) is 9.22. The number of rotatable bonds is 7. The van der Waals surface area contributed by atoms with Crippen LogP contribution >= 0.6 is 15.9 Å². The van der Waals surface area contributed by atoms with Crippen molar-refractivity contribution in [3.05, 3.63) is 28.2 Å². The first-order valence-electron chi connectivity index (χ1n) is 7.18. The minimum Gasteiger partial charge on any atom is -0.389 e. The third-order valence-electron chi connectivity index (χ3n) is 3.19. The lowest BCUT2D eigenvalue weighted by Crippen LogP contribution is -2.35. The van der Waals surface area contributed by atoms with E-state index in [-0.39, 0.29) is 0 Å². The van der Waals surface area contributed by atoms with Crippen LogP contribution in [-0.4, -0.2) is 43.7 Å². The van der Waals surface area contributed by atoms with E-state index in [1.54, 1.807) is 0 Å². The summed E-state index contributed by atoms with van der Waals surface area (Å²) in [6.07, 6.45) is -0.452. The molecule has 0 radical (unpaired) electrons. The summed E-state index contributed by atoms with van der Waals surface area (Å²) in [5.74, 6) is 0.581. The van der Waals surface area contributed by atoms with Crippen LogP contribution in [0, 0.1) is 5.92 Å². The van der Waals surface area contributed by atoms with Gasteiger partial charge in [-0.25, -0.2) is 0 Å². The summed E-state index contributed by atoms with van der Waals surface area (Å²) in [7, 11) is 4.17. The maximum atomic E-state index is 10.0. The van der Waals surface area contributed by atoms with Gasteiger partial charge in [0.15, 0.2) is 0 Å². The van der Waals surface area contributed by atoms with Crippen LogP contribution in [0.25, 0.3) is 0 Å². The van der Waals surface area contributed by atoms with Gasteiger partial charge in [-0.1, -0.05) is 35.8 Å². The van der Waals surface area contributed by atoms with Gasteiger partial charge in [0.1, 0.15) is 0 Å². The lowest BCUT2D eigenvalue weighted by Gasteiger charge is -2.31. The third-order valence-corrected chi connectivity index (χ3v) is 3.68. The Kier molecular flexibility index (Phi) is 7.00. The number of anilines is 1. The summed E-state index contributed by atoms with van der Waals surface area (Å²) >= 11 is 3.54. The Morgan fingerprint density at radius 1 is 1.15 bits per heavy atom. The van der Waals surface area contributed by atoms with Gasteiger partial charge in [0.2, 0.25) is 0 Å². The highest BCUT2D eigenvalue weighted by Crippen LogP contribution is 2.30. The highest BCUT2D eigenvalue weighted by Gasteiger charge is 2.16. The smallest absolute Gasteiger partial charge is 0.0782 e. The average Bonchev–Trinajstić information content (AvgIpc) is 2.33. The summed E-state index contributed by atoms with van der Waals surface area (Å²) in [5, 5.41) is 10.0. The second kappa shape index (κ2) is 8.01. The van der Waals surface area contributed by atoms with Gasteiger partial charge in [0.25, 0.3) is 0 Å². The minimum absolute atomic E-state index is 0.452. The van der Waals surface area contributed by atoms with E-state index in [0.717, 1.165) is 35.4 Å². The molecule has 0 amide bonds. The predicted molar refractivity (Wildman–Crippen MR) is 90.4 cm³/mol. The lowest BCUT2D eigenvalue weighted by atomic mass is 10.1. The van der Waals surface area contributed by atoms with Gasteiger partial charge in [-0.05, 0) is 39.1 Å². The minimum atomic E-state index is -0.452. The Morgan fingerprint density at radius 3 is 2.30 bits per heavy atom. The molecule has 0 aliphatic rings. The monoisotopic (exact) mass is 342 g/mol. The Labute approximate surface area is 131 Å². The zero-order valence-corrected chi connectivity index (χ0v) is 14.8. The largest absolute Gasteiger partial charge is 0.389 e. The quantitative estimate of drug-likeness (QED) is 0.821. The fourth-order valence-corrected chi connectivity index (χ4v) is 2.56. The number of halogens is 1. The molecule has 0 heterocycles. The fraction of sp³-hybridized carbons (Fsp3) is 0.625. The predicted octanol–water partition coefficient (Wildman–Crippen LogP) is 3.53. The summed E-state index contributed by atoms with van der Waals surface area (Å²) < 4.78 is 1.05. The molecule has 0 bridgehead atoms. The van der Waals surface area contributed by atoms with Crippen LogP contribution < -0.4 is 4.90 Å². The van der Waals surface area contributed by atoms with E-state index in [0.29, 0.717) is 5.92 Å². The van der Waals surface area contributed by atoms with E-state index in [1.165, 1.54) is 0 Å². The molecule has 0 fully saturated rings. The number of likely N-dealkylation sites (N-methyl/N-ethyl adjacent to an activating group) is 1. The van der Waals surface area contributed by atoms with E-state index >= 15 is 0 Å². The van der Waals surface area contributed by atoms with Gasteiger partial charge < -0.3 is 14.9 Å². The molecule has 114 valence electrons. The van der Waals surface area contributed by atoms with E-state index < -0.39 is 6.10 Å². The molecule has 0 aliphatic heterocycles. The van der Waals surface area contributed by atoms with Crippen LogP contribution in [0.2, 0.25) is 0 Å². The van der Waals surface area contributed by atoms with Crippen molar-refractivity contribution in [2.45, 2.75) is 26.9 Å². The molecule has 3 nitrogen and oxygen atoms in total. The second-order valence-electron chi connectivity index (χ2n) is 6.02. The fourth-order valence-electron chi connectivity index (χ4n) is 2.22. The molecule has 4 heteroatoms. The van der Waals surface area contributed by atoms with Crippen molar-refractivity contribution < 1.29 is 5.11 Å². The van der Waals surface area contributed by atoms with Crippen molar-refractivity contribution in [2.24, 2.45) is 5.92 Å². The van der Waals surface area contributed by atoms with Gasteiger partial charge in [-0.15, -0.1) is 0 Å². The van der Waals surface area contributed by atoms with Crippen molar-refractivity contribution in [1.82, 2.24) is 4.90 Å². The summed E-state index contributed by atoms with van der Waals surface area (Å²) in [5.41, 5.74) is 2.12. The summed E-state index contributed by atoms with van der Waals surface area (Å²) in [4.78, 5) is 4.56. The molecule has 0 aromatic heterocycles. The number of benzene rings is 1. The number of nitrogens with zero attached hydrogens (tertiary/aromatic N) is 2. The third kappa shape index (κ3) is 5.43. The maximum absolute atomic E-state index is 10.0. The first-order valence-corrected chi connectivity index (χ1v) is 7.97. The molecule has 1 atom stereocenters.